The molecule has 0 aromatic rings. The van der Waals surface area contributed by atoms with Crippen LogP contribution in [0.5, 0.6) is 0 Å². The summed E-state index contributed by atoms with van der Waals surface area (Å²) in [5.41, 5.74) is 0. The maximum atomic E-state index is 11.9. The van der Waals surface area contributed by atoms with Crippen LogP contribution in [0.25, 0.3) is 0 Å². The number of rotatable bonds is 8. The van der Waals surface area contributed by atoms with Gasteiger partial charge in [-0.25, -0.2) is 4.79 Å². The Morgan fingerprint density at radius 1 is 1.42 bits per heavy atom. The highest BCUT2D eigenvalue weighted by Crippen LogP contribution is 2.06. The summed E-state index contributed by atoms with van der Waals surface area (Å²) in [4.78, 5) is 24.4. The van der Waals surface area contributed by atoms with Crippen LogP contribution in [0.15, 0.2) is 0 Å². The summed E-state index contributed by atoms with van der Waals surface area (Å²) in [5, 5.41) is 20.2. The van der Waals surface area contributed by atoms with Crippen LogP contribution in [0, 0.1) is 17.2 Å². The first-order valence-electron chi connectivity index (χ1n) is 6.58. The van der Waals surface area contributed by atoms with E-state index >= 15 is 0 Å². The predicted octanol–water partition coefficient (Wildman–Crippen LogP) is 1.82. The van der Waals surface area contributed by atoms with Crippen LogP contribution >= 0.6 is 0 Å². The number of carboxylic acids is 1. The van der Waals surface area contributed by atoms with Gasteiger partial charge in [0, 0.05) is 19.1 Å². The summed E-state index contributed by atoms with van der Waals surface area (Å²) in [5.74, 6) is -1.45. The van der Waals surface area contributed by atoms with Crippen LogP contribution in [0.3, 0.4) is 0 Å². The molecule has 0 saturated carbocycles. The molecule has 108 valence electrons. The number of urea groups is 1. The molecule has 0 aliphatic rings. The molecular weight excluding hydrogens is 246 g/mol. The summed E-state index contributed by atoms with van der Waals surface area (Å²) in [6, 6.07) is 1.66. The first-order chi connectivity index (χ1) is 8.93. The van der Waals surface area contributed by atoms with Gasteiger partial charge in [-0.15, -0.1) is 0 Å². The first kappa shape index (κ1) is 17.2. The molecule has 6 nitrogen and oxygen atoms in total. The van der Waals surface area contributed by atoms with Gasteiger partial charge in [-0.1, -0.05) is 13.3 Å². The normalized spacial score (nSPS) is 11.7. The third-order valence-corrected chi connectivity index (χ3v) is 2.83. The van der Waals surface area contributed by atoms with Gasteiger partial charge in [-0.3, -0.25) is 4.79 Å². The Balaban J connectivity index is 4.39. The van der Waals surface area contributed by atoms with E-state index in [0.717, 1.165) is 6.42 Å². The second-order valence-electron chi connectivity index (χ2n) is 4.71. The molecule has 2 N–H and O–H groups in total. The summed E-state index contributed by atoms with van der Waals surface area (Å²) in [6.07, 6.45) is 1.56. The second kappa shape index (κ2) is 9.20. The van der Waals surface area contributed by atoms with Crippen molar-refractivity contribution in [3.63, 3.8) is 0 Å². The number of carboxylic acid groups (broad SMARTS) is 1. The molecule has 0 aliphatic carbocycles. The van der Waals surface area contributed by atoms with E-state index in [1.807, 2.05) is 26.8 Å². The Morgan fingerprint density at radius 2 is 2.05 bits per heavy atom. The molecule has 0 saturated heterocycles. The number of hydrogen-bond acceptors (Lipinski definition) is 3. The van der Waals surface area contributed by atoms with Gasteiger partial charge in [0.25, 0.3) is 0 Å². The van der Waals surface area contributed by atoms with E-state index in [1.54, 1.807) is 0 Å². The maximum Gasteiger partial charge on any atom is 0.317 e. The number of carbonyl (C=O) groups excluding carboxylic acids is 1. The number of nitrogens with zero attached hydrogens (tertiary/aromatic N) is 2. The zero-order chi connectivity index (χ0) is 14.8. The Bertz CT molecular complexity index is 337. The number of nitriles is 1. The number of nitrogens with one attached hydrogen (secondary N) is 1. The molecule has 6 heteroatoms. The van der Waals surface area contributed by atoms with E-state index in [1.165, 1.54) is 4.90 Å². The third kappa shape index (κ3) is 6.65. The number of aliphatic carboxylic acids is 1. The lowest BCUT2D eigenvalue weighted by Gasteiger charge is -2.26. The van der Waals surface area contributed by atoms with Gasteiger partial charge in [0.1, 0.15) is 0 Å². The lowest BCUT2D eigenvalue weighted by atomic mass is 10.0. The minimum Gasteiger partial charge on any atom is -0.481 e. The van der Waals surface area contributed by atoms with Crippen LogP contribution in [-0.4, -0.2) is 41.1 Å². The van der Waals surface area contributed by atoms with Gasteiger partial charge in [-0.2, -0.15) is 5.26 Å². The topological polar surface area (TPSA) is 93.4 Å². The van der Waals surface area contributed by atoms with Crippen LogP contribution in [0.1, 0.15) is 40.0 Å². The van der Waals surface area contributed by atoms with Crippen molar-refractivity contribution < 1.29 is 14.7 Å². The minimum atomic E-state index is -0.893. The highest BCUT2D eigenvalue weighted by atomic mass is 16.4. The molecule has 0 aromatic carbocycles. The highest BCUT2D eigenvalue weighted by molar-refractivity contribution is 5.76. The summed E-state index contributed by atoms with van der Waals surface area (Å²) < 4.78 is 0. The third-order valence-electron chi connectivity index (χ3n) is 2.83. The van der Waals surface area contributed by atoms with Crippen molar-refractivity contribution in [3.8, 4) is 6.07 Å². The number of amides is 2. The summed E-state index contributed by atoms with van der Waals surface area (Å²) in [6.45, 7) is 6.10. The molecule has 0 radical (unpaired) electrons. The molecular formula is C13H23N3O3. The van der Waals surface area contributed by atoms with Gasteiger partial charge in [-0.05, 0) is 20.3 Å². The van der Waals surface area contributed by atoms with E-state index in [4.69, 9.17) is 10.4 Å². The quantitative estimate of drug-likeness (QED) is 0.702. The number of hydrogen-bond donors (Lipinski definition) is 2. The zero-order valence-electron chi connectivity index (χ0n) is 11.8. The fourth-order valence-electron chi connectivity index (χ4n) is 1.74. The second-order valence-corrected chi connectivity index (χ2v) is 4.71. The van der Waals surface area contributed by atoms with Crippen molar-refractivity contribution in [2.24, 2.45) is 5.92 Å². The SMILES string of the molecule is CCCC(CNC(=O)N(CCC#N)C(C)C)C(=O)O. The lowest BCUT2D eigenvalue weighted by Crippen LogP contribution is -2.46. The van der Waals surface area contributed by atoms with Crippen molar-refractivity contribution in [3.05, 3.63) is 0 Å². The van der Waals surface area contributed by atoms with E-state index in [2.05, 4.69) is 5.32 Å². The van der Waals surface area contributed by atoms with Gasteiger partial charge < -0.3 is 15.3 Å². The van der Waals surface area contributed by atoms with E-state index < -0.39 is 11.9 Å². The molecule has 0 fully saturated rings. The van der Waals surface area contributed by atoms with E-state index in [0.29, 0.717) is 13.0 Å². The molecule has 2 amide bonds. The van der Waals surface area contributed by atoms with Crippen molar-refractivity contribution >= 4 is 12.0 Å². The summed E-state index contributed by atoms with van der Waals surface area (Å²) >= 11 is 0. The fourth-order valence-corrected chi connectivity index (χ4v) is 1.74. The maximum absolute atomic E-state index is 11.9. The van der Waals surface area contributed by atoms with Crippen LogP contribution in [0.4, 0.5) is 4.79 Å². The first-order valence-corrected chi connectivity index (χ1v) is 6.58. The molecule has 0 aromatic heterocycles. The Hall–Kier alpha value is -1.77. The van der Waals surface area contributed by atoms with Crippen molar-refractivity contribution in [2.75, 3.05) is 13.1 Å². The average molecular weight is 269 g/mol. The highest BCUT2D eigenvalue weighted by Gasteiger charge is 2.20. The Morgan fingerprint density at radius 3 is 2.47 bits per heavy atom. The molecule has 19 heavy (non-hydrogen) atoms. The van der Waals surface area contributed by atoms with Gasteiger partial charge in [0.05, 0.1) is 18.4 Å². The predicted molar refractivity (Wildman–Crippen MR) is 71.5 cm³/mol. The smallest absolute Gasteiger partial charge is 0.317 e. The van der Waals surface area contributed by atoms with E-state index in [-0.39, 0.29) is 25.0 Å². The van der Waals surface area contributed by atoms with Gasteiger partial charge >= 0.3 is 12.0 Å². The van der Waals surface area contributed by atoms with Crippen LogP contribution in [-0.2, 0) is 4.79 Å². The molecule has 1 atom stereocenters. The lowest BCUT2D eigenvalue weighted by molar-refractivity contribution is -0.141. The number of carbonyl (C=O) groups is 2. The Kier molecular flexibility index (Phi) is 8.34. The Labute approximate surface area is 114 Å². The van der Waals surface area contributed by atoms with Gasteiger partial charge in [0.2, 0.25) is 0 Å². The largest absolute Gasteiger partial charge is 0.481 e. The molecule has 0 heterocycles. The standard InChI is InChI=1S/C13H23N3O3/c1-4-6-11(12(17)18)9-15-13(19)16(10(2)3)8-5-7-14/h10-11H,4-6,8-9H2,1-3H3,(H,15,19)(H,17,18). The summed E-state index contributed by atoms with van der Waals surface area (Å²) in [7, 11) is 0. The van der Waals surface area contributed by atoms with Crippen molar-refractivity contribution in [1.82, 2.24) is 10.2 Å². The molecule has 0 spiro atoms. The zero-order valence-corrected chi connectivity index (χ0v) is 11.8. The molecule has 0 bridgehead atoms. The van der Waals surface area contributed by atoms with Crippen LogP contribution < -0.4 is 5.32 Å². The van der Waals surface area contributed by atoms with Crippen molar-refractivity contribution in [2.45, 2.75) is 46.1 Å². The van der Waals surface area contributed by atoms with Crippen molar-refractivity contribution in [1.29, 1.82) is 5.26 Å². The minimum absolute atomic E-state index is 0.0252. The molecule has 1 unspecified atom stereocenters. The van der Waals surface area contributed by atoms with Crippen LogP contribution in [0.2, 0.25) is 0 Å². The monoisotopic (exact) mass is 269 g/mol. The fraction of sp³-hybridized carbons (Fsp3) is 0.769. The average Bonchev–Trinajstić information content (AvgIpc) is 2.34. The van der Waals surface area contributed by atoms with Gasteiger partial charge in [0.15, 0.2) is 0 Å². The van der Waals surface area contributed by atoms with E-state index in [9.17, 15) is 9.59 Å². The molecule has 0 rings (SSSR count). The molecule has 0 aliphatic heterocycles.